The van der Waals surface area contributed by atoms with Crippen LogP contribution >= 0.6 is 15.9 Å². The van der Waals surface area contributed by atoms with E-state index >= 15 is 0 Å². The number of carbonyl (C=O) groups is 1. The Balaban J connectivity index is 3.01. The molecule has 1 aromatic rings. The van der Waals surface area contributed by atoms with Crippen molar-refractivity contribution in [1.29, 1.82) is 0 Å². The van der Waals surface area contributed by atoms with Crippen LogP contribution in [0.25, 0.3) is 0 Å². The van der Waals surface area contributed by atoms with Crippen LogP contribution in [0, 0.1) is 0 Å². The lowest BCUT2D eigenvalue weighted by Crippen LogP contribution is -2.22. The molecule has 0 aliphatic carbocycles. The number of hydroxylamine groups is 1. The second-order valence-corrected chi connectivity index (χ2v) is 3.40. The third-order valence-electron chi connectivity index (χ3n) is 1.60. The molecule has 0 atom stereocenters. The molecule has 1 aromatic carbocycles. The summed E-state index contributed by atoms with van der Waals surface area (Å²) < 4.78 is 5.90. The molecule has 0 heterocycles. The third-order valence-corrected chi connectivity index (χ3v) is 2.10. The van der Waals surface area contributed by atoms with Gasteiger partial charge in [0.25, 0.3) is 5.91 Å². The summed E-state index contributed by atoms with van der Waals surface area (Å²) in [5, 5.41) is 0. The summed E-state index contributed by atoms with van der Waals surface area (Å²) in [6, 6.07) is 5.12. The molecule has 1 amide bonds. The van der Waals surface area contributed by atoms with E-state index in [4.69, 9.17) is 4.74 Å². The van der Waals surface area contributed by atoms with Gasteiger partial charge in [0, 0.05) is 4.47 Å². The number of halogens is 1. The second-order valence-electron chi connectivity index (χ2n) is 2.48. The smallest absolute Gasteiger partial charge is 0.278 e. The van der Waals surface area contributed by atoms with Crippen LogP contribution in [-0.4, -0.2) is 20.1 Å². The maximum atomic E-state index is 11.4. The Morgan fingerprint density at radius 3 is 2.71 bits per heavy atom. The predicted molar refractivity (Wildman–Crippen MR) is 55.2 cm³/mol. The summed E-state index contributed by atoms with van der Waals surface area (Å²) in [4.78, 5) is 15.9. The van der Waals surface area contributed by atoms with Gasteiger partial charge in [-0.15, -0.1) is 0 Å². The molecule has 14 heavy (non-hydrogen) atoms. The highest BCUT2D eigenvalue weighted by molar-refractivity contribution is 9.10. The van der Waals surface area contributed by atoms with E-state index < -0.39 is 0 Å². The van der Waals surface area contributed by atoms with Crippen LogP contribution in [0.15, 0.2) is 22.7 Å². The number of ether oxygens (including phenoxy) is 1. The zero-order valence-corrected chi connectivity index (χ0v) is 9.42. The predicted octanol–water partition coefficient (Wildman–Crippen LogP) is 1.75. The van der Waals surface area contributed by atoms with Crippen molar-refractivity contribution in [2.24, 2.45) is 0 Å². The first-order valence-corrected chi connectivity index (χ1v) is 4.65. The first-order chi connectivity index (χ1) is 6.69. The van der Waals surface area contributed by atoms with Crippen molar-refractivity contribution < 1.29 is 14.4 Å². The van der Waals surface area contributed by atoms with Crippen LogP contribution < -0.4 is 10.2 Å². The molecule has 0 fully saturated rings. The van der Waals surface area contributed by atoms with Crippen molar-refractivity contribution >= 4 is 21.8 Å². The highest BCUT2D eigenvalue weighted by atomic mass is 79.9. The summed E-state index contributed by atoms with van der Waals surface area (Å²) in [5.74, 6) is 0.158. The molecule has 0 saturated heterocycles. The van der Waals surface area contributed by atoms with Gasteiger partial charge in [-0.25, -0.2) is 5.48 Å². The van der Waals surface area contributed by atoms with E-state index in [-0.39, 0.29) is 5.91 Å². The van der Waals surface area contributed by atoms with E-state index in [9.17, 15) is 4.79 Å². The first-order valence-electron chi connectivity index (χ1n) is 3.86. The quantitative estimate of drug-likeness (QED) is 0.842. The van der Waals surface area contributed by atoms with E-state index in [1.165, 1.54) is 14.2 Å². The van der Waals surface area contributed by atoms with Crippen molar-refractivity contribution in [2.75, 3.05) is 14.2 Å². The highest BCUT2D eigenvalue weighted by Crippen LogP contribution is 2.23. The van der Waals surface area contributed by atoms with Gasteiger partial charge in [0.15, 0.2) is 0 Å². The van der Waals surface area contributed by atoms with Gasteiger partial charge in [-0.3, -0.25) is 9.63 Å². The van der Waals surface area contributed by atoms with Crippen molar-refractivity contribution in [2.45, 2.75) is 0 Å². The molecule has 5 heteroatoms. The molecule has 1 N–H and O–H groups in total. The van der Waals surface area contributed by atoms with E-state index in [2.05, 4.69) is 26.2 Å². The zero-order chi connectivity index (χ0) is 10.6. The maximum absolute atomic E-state index is 11.4. The minimum atomic E-state index is -0.336. The number of nitrogens with one attached hydrogen (secondary N) is 1. The topological polar surface area (TPSA) is 47.6 Å². The fourth-order valence-corrected chi connectivity index (χ4v) is 1.34. The standard InChI is InChI=1S/C9H10BrNO3/c1-13-8-5-6(10)3-4-7(8)9(12)11-14-2/h3-5H,1-2H3,(H,11,12). The normalized spacial score (nSPS) is 9.64. The van der Waals surface area contributed by atoms with Crippen molar-refractivity contribution in [3.05, 3.63) is 28.2 Å². The van der Waals surface area contributed by atoms with E-state index in [0.717, 1.165) is 4.47 Å². The molecule has 76 valence electrons. The molecule has 0 aromatic heterocycles. The van der Waals surface area contributed by atoms with E-state index in [0.29, 0.717) is 11.3 Å². The monoisotopic (exact) mass is 259 g/mol. The van der Waals surface area contributed by atoms with Gasteiger partial charge >= 0.3 is 0 Å². The fourth-order valence-electron chi connectivity index (χ4n) is 1.00. The molecule has 0 aliphatic heterocycles. The van der Waals surface area contributed by atoms with Crippen LogP contribution in [0.4, 0.5) is 0 Å². The molecule has 0 spiro atoms. The molecule has 0 aliphatic rings. The van der Waals surface area contributed by atoms with E-state index in [1.54, 1.807) is 18.2 Å². The number of rotatable bonds is 3. The summed E-state index contributed by atoms with van der Waals surface area (Å²) in [6.07, 6.45) is 0. The first kappa shape index (κ1) is 11.0. The van der Waals surface area contributed by atoms with Crippen molar-refractivity contribution in [3.63, 3.8) is 0 Å². The van der Waals surface area contributed by atoms with Crippen molar-refractivity contribution in [3.8, 4) is 5.75 Å². The Labute approximate surface area is 90.3 Å². The fraction of sp³-hybridized carbons (Fsp3) is 0.222. The number of hydrogen-bond acceptors (Lipinski definition) is 3. The highest BCUT2D eigenvalue weighted by Gasteiger charge is 2.11. The Hall–Kier alpha value is -1.07. The Bertz CT molecular complexity index is 341. The third kappa shape index (κ3) is 2.46. The van der Waals surface area contributed by atoms with Gasteiger partial charge in [-0.1, -0.05) is 15.9 Å². The molecular formula is C9H10BrNO3. The van der Waals surface area contributed by atoms with Crippen LogP contribution in [0.1, 0.15) is 10.4 Å². The number of carbonyl (C=O) groups excluding carboxylic acids is 1. The SMILES string of the molecule is CONC(=O)c1ccc(Br)cc1OC. The van der Waals surface area contributed by atoms with E-state index in [1.807, 2.05) is 0 Å². The molecule has 0 unspecified atom stereocenters. The number of hydrogen-bond donors (Lipinski definition) is 1. The average Bonchev–Trinajstić information content (AvgIpc) is 2.17. The average molecular weight is 260 g/mol. The lowest BCUT2D eigenvalue weighted by Gasteiger charge is -2.07. The van der Waals surface area contributed by atoms with Gasteiger partial charge < -0.3 is 4.74 Å². The Kier molecular flexibility index (Phi) is 3.91. The molecule has 0 bridgehead atoms. The van der Waals surface area contributed by atoms with Gasteiger partial charge in [0.05, 0.1) is 19.8 Å². The largest absolute Gasteiger partial charge is 0.496 e. The van der Waals surface area contributed by atoms with Gasteiger partial charge in [0.2, 0.25) is 0 Å². The molecule has 0 radical (unpaired) electrons. The molecule has 0 saturated carbocycles. The summed E-state index contributed by atoms with van der Waals surface area (Å²) >= 11 is 3.28. The van der Waals surface area contributed by atoms with Gasteiger partial charge in [-0.05, 0) is 18.2 Å². The molecular weight excluding hydrogens is 250 g/mol. The van der Waals surface area contributed by atoms with Crippen LogP contribution in [-0.2, 0) is 4.84 Å². The summed E-state index contributed by atoms with van der Waals surface area (Å²) in [6.45, 7) is 0. The zero-order valence-electron chi connectivity index (χ0n) is 7.83. The Morgan fingerprint density at radius 2 is 2.14 bits per heavy atom. The van der Waals surface area contributed by atoms with Gasteiger partial charge in [0.1, 0.15) is 5.75 Å². The minimum Gasteiger partial charge on any atom is -0.496 e. The number of methoxy groups -OCH3 is 1. The second kappa shape index (κ2) is 4.97. The lowest BCUT2D eigenvalue weighted by molar-refractivity contribution is 0.0535. The molecule has 1 rings (SSSR count). The Morgan fingerprint density at radius 1 is 1.43 bits per heavy atom. The number of benzene rings is 1. The van der Waals surface area contributed by atoms with Crippen LogP contribution in [0.5, 0.6) is 5.75 Å². The van der Waals surface area contributed by atoms with Gasteiger partial charge in [-0.2, -0.15) is 0 Å². The summed E-state index contributed by atoms with van der Waals surface area (Å²) in [7, 11) is 2.88. The molecule has 4 nitrogen and oxygen atoms in total. The number of amides is 1. The maximum Gasteiger partial charge on any atom is 0.278 e. The van der Waals surface area contributed by atoms with Crippen molar-refractivity contribution in [1.82, 2.24) is 5.48 Å². The minimum absolute atomic E-state index is 0.336. The summed E-state index contributed by atoms with van der Waals surface area (Å²) in [5.41, 5.74) is 2.65. The van der Waals surface area contributed by atoms with Crippen LogP contribution in [0.2, 0.25) is 0 Å². The van der Waals surface area contributed by atoms with Crippen LogP contribution in [0.3, 0.4) is 0 Å². The lowest BCUT2D eigenvalue weighted by atomic mass is 10.2.